The Hall–Kier alpha value is -2.30. The molecule has 0 spiro atoms. The largest absolute Gasteiger partial charge is 0.497 e. The van der Waals surface area contributed by atoms with Gasteiger partial charge < -0.3 is 9.84 Å². The first-order chi connectivity index (χ1) is 9.75. The maximum Gasteiger partial charge on any atom is 0.356 e. The van der Waals surface area contributed by atoms with Gasteiger partial charge in [0.25, 0.3) is 0 Å². The zero-order valence-corrected chi connectivity index (χ0v) is 13.0. The van der Waals surface area contributed by atoms with Crippen molar-refractivity contribution >= 4 is 5.97 Å². The summed E-state index contributed by atoms with van der Waals surface area (Å²) in [5.74, 6) is -0.261. The third kappa shape index (κ3) is 2.77. The first kappa shape index (κ1) is 15.1. The molecule has 5 nitrogen and oxygen atoms in total. The molecule has 0 fully saturated rings. The monoisotopic (exact) mass is 288 g/mol. The highest BCUT2D eigenvalue weighted by atomic mass is 16.5. The molecule has 2 rings (SSSR count). The average molecular weight is 288 g/mol. The standard InChI is InChI=1S/C16H20N2O3/c1-10-13(15(19)20)17-18(14(10)16(2,3)4)11-6-8-12(21-5)9-7-11/h6-9H,1-5H3,(H,19,20). The molecule has 0 aliphatic carbocycles. The maximum absolute atomic E-state index is 11.4. The van der Waals surface area contributed by atoms with Gasteiger partial charge in [0.1, 0.15) is 5.75 Å². The zero-order valence-electron chi connectivity index (χ0n) is 13.0. The number of aromatic nitrogens is 2. The van der Waals surface area contributed by atoms with Crippen LogP contribution < -0.4 is 4.74 Å². The lowest BCUT2D eigenvalue weighted by molar-refractivity contribution is 0.0689. The fourth-order valence-electron chi connectivity index (χ4n) is 2.49. The molecule has 0 aliphatic heterocycles. The van der Waals surface area contributed by atoms with Crippen molar-refractivity contribution in [1.82, 2.24) is 9.78 Å². The molecule has 0 bridgehead atoms. The molecule has 0 atom stereocenters. The van der Waals surface area contributed by atoms with Crippen LogP contribution in [0.4, 0.5) is 0 Å². The maximum atomic E-state index is 11.4. The third-order valence-corrected chi connectivity index (χ3v) is 3.35. The fourth-order valence-corrected chi connectivity index (χ4v) is 2.49. The summed E-state index contributed by atoms with van der Waals surface area (Å²) in [5.41, 5.74) is 2.29. The van der Waals surface area contributed by atoms with Crippen LogP contribution in [0.15, 0.2) is 24.3 Å². The first-order valence-corrected chi connectivity index (χ1v) is 6.73. The van der Waals surface area contributed by atoms with Crippen LogP contribution in [-0.2, 0) is 5.41 Å². The van der Waals surface area contributed by atoms with Crippen LogP contribution in [0.3, 0.4) is 0 Å². The van der Waals surface area contributed by atoms with Crippen LogP contribution in [0.5, 0.6) is 5.75 Å². The summed E-state index contributed by atoms with van der Waals surface area (Å²) in [6, 6.07) is 7.40. The van der Waals surface area contributed by atoms with Crippen LogP contribution in [0.1, 0.15) is 42.5 Å². The highest BCUT2D eigenvalue weighted by Gasteiger charge is 2.28. The van der Waals surface area contributed by atoms with Crippen LogP contribution >= 0.6 is 0 Å². The third-order valence-electron chi connectivity index (χ3n) is 3.35. The number of carboxylic acids is 1. The summed E-state index contributed by atoms with van der Waals surface area (Å²) in [6.45, 7) is 7.94. The van der Waals surface area contributed by atoms with Crippen LogP contribution in [0.2, 0.25) is 0 Å². The van der Waals surface area contributed by atoms with Gasteiger partial charge in [0, 0.05) is 11.0 Å². The smallest absolute Gasteiger partial charge is 0.356 e. The number of carboxylic acid groups (broad SMARTS) is 1. The first-order valence-electron chi connectivity index (χ1n) is 6.73. The molecule has 0 aliphatic rings. The van der Waals surface area contributed by atoms with Crippen LogP contribution in [0, 0.1) is 6.92 Å². The Balaban J connectivity index is 2.66. The number of carbonyl (C=O) groups is 1. The van der Waals surface area contributed by atoms with Crippen molar-refractivity contribution < 1.29 is 14.6 Å². The summed E-state index contributed by atoms with van der Waals surface area (Å²) in [7, 11) is 1.61. The molecule has 112 valence electrons. The highest BCUT2D eigenvalue weighted by Crippen LogP contribution is 2.30. The lowest BCUT2D eigenvalue weighted by Gasteiger charge is -2.21. The molecular formula is C16H20N2O3. The van der Waals surface area contributed by atoms with Gasteiger partial charge in [-0.2, -0.15) is 5.10 Å². The fraction of sp³-hybridized carbons (Fsp3) is 0.375. The molecule has 0 unspecified atom stereocenters. The Morgan fingerprint density at radius 2 is 1.81 bits per heavy atom. The number of hydrogen-bond acceptors (Lipinski definition) is 3. The molecule has 2 aromatic rings. The van der Waals surface area contributed by atoms with Gasteiger partial charge in [0.15, 0.2) is 5.69 Å². The van der Waals surface area contributed by atoms with E-state index in [1.54, 1.807) is 18.7 Å². The lowest BCUT2D eigenvalue weighted by atomic mass is 9.88. The summed E-state index contributed by atoms with van der Waals surface area (Å²) < 4.78 is 6.85. The van der Waals surface area contributed by atoms with Gasteiger partial charge in [0.05, 0.1) is 18.5 Å². The number of nitrogens with zero attached hydrogens (tertiary/aromatic N) is 2. The van der Waals surface area contributed by atoms with Gasteiger partial charge in [-0.3, -0.25) is 0 Å². The highest BCUT2D eigenvalue weighted by molar-refractivity contribution is 5.87. The van der Waals surface area contributed by atoms with E-state index in [2.05, 4.69) is 5.10 Å². The number of benzene rings is 1. The van der Waals surface area contributed by atoms with E-state index in [0.29, 0.717) is 5.56 Å². The van der Waals surface area contributed by atoms with Crippen molar-refractivity contribution in [1.29, 1.82) is 0 Å². The second-order valence-electron chi connectivity index (χ2n) is 5.99. The molecule has 1 aromatic heterocycles. The van der Waals surface area contributed by atoms with E-state index < -0.39 is 5.97 Å². The Bertz CT molecular complexity index is 664. The normalized spacial score (nSPS) is 11.5. The molecule has 5 heteroatoms. The molecule has 0 radical (unpaired) electrons. The van der Waals surface area contributed by atoms with Crippen molar-refractivity contribution in [2.75, 3.05) is 7.11 Å². The molecule has 1 aromatic carbocycles. The molecule has 21 heavy (non-hydrogen) atoms. The van der Waals surface area contributed by atoms with Gasteiger partial charge in [-0.05, 0) is 31.2 Å². The number of aromatic carboxylic acids is 1. The van der Waals surface area contributed by atoms with E-state index >= 15 is 0 Å². The van der Waals surface area contributed by atoms with Gasteiger partial charge in [-0.25, -0.2) is 9.48 Å². The van der Waals surface area contributed by atoms with Gasteiger partial charge >= 0.3 is 5.97 Å². The van der Waals surface area contributed by atoms with Crippen molar-refractivity contribution in [2.24, 2.45) is 0 Å². The number of rotatable bonds is 3. The van der Waals surface area contributed by atoms with Gasteiger partial charge in [-0.1, -0.05) is 20.8 Å². The van der Waals surface area contributed by atoms with E-state index in [-0.39, 0.29) is 11.1 Å². The molecule has 1 N–H and O–H groups in total. The molecule has 0 amide bonds. The molecule has 0 saturated heterocycles. The van der Waals surface area contributed by atoms with Crippen LogP contribution in [-0.4, -0.2) is 28.0 Å². The minimum atomic E-state index is -1.01. The van der Waals surface area contributed by atoms with Crippen molar-refractivity contribution in [3.8, 4) is 11.4 Å². The lowest BCUT2D eigenvalue weighted by Crippen LogP contribution is -2.18. The second-order valence-corrected chi connectivity index (χ2v) is 5.99. The van der Waals surface area contributed by atoms with Gasteiger partial charge in [-0.15, -0.1) is 0 Å². The Labute approximate surface area is 124 Å². The zero-order chi connectivity index (χ0) is 15.8. The Kier molecular flexibility index (Phi) is 3.77. The van der Waals surface area contributed by atoms with Gasteiger partial charge in [0.2, 0.25) is 0 Å². The predicted octanol–water partition coefficient (Wildman–Crippen LogP) is 3.19. The quantitative estimate of drug-likeness (QED) is 0.942. The minimum absolute atomic E-state index is 0.0933. The molecule has 1 heterocycles. The topological polar surface area (TPSA) is 64.4 Å². The van der Waals surface area contributed by atoms with Crippen molar-refractivity contribution in [2.45, 2.75) is 33.1 Å². The number of ether oxygens (including phenoxy) is 1. The average Bonchev–Trinajstić information content (AvgIpc) is 2.76. The Morgan fingerprint density at radius 3 is 2.24 bits per heavy atom. The van der Waals surface area contributed by atoms with E-state index in [1.807, 2.05) is 45.0 Å². The van der Waals surface area contributed by atoms with E-state index in [0.717, 1.165) is 17.1 Å². The Morgan fingerprint density at radius 1 is 1.24 bits per heavy atom. The SMILES string of the molecule is COc1ccc(-n2nc(C(=O)O)c(C)c2C(C)(C)C)cc1. The summed E-state index contributed by atoms with van der Waals surface area (Å²) >= 11 is 0. The van der Waals surface area contributed by atoms with Crippen LogP contribution in [0.25, 0.3) is 5.69 Å². The van der Waals surface area contributed by atoms with E-state index in [9.17, 15) is 9.90 Å². The predicted molar refractivity (Wildman–Crippen MR) is 80.5 cm³/mol. The second kappa shape index (κ2) is 5.24. The molecular weight excluding hydrogens is 268 g/mol. The summed E-state index contributed by atoms with van der Waals surface area (Å²) in [5, 5.41) is 13.6. The summed E-state index contributed by atoms with van der Waals surface area (Å²) in [4.78, 5) is 11.4. The van der Waals surface area contributed by atoms with Crippen molar-refractivity contribution in [3.05, 3.63) is 41.2 Å². The minimum Gasteiger partial charge on any atom is -0.497 e. The number of methoxy groups -OCH3 is 1. The summed E-state index contributed by atoms with van der Waals surface area (Å²) in [6.07, 6.45) is 0. The van der Waals surface area contributed by atoms with Crippen molar-refractivity contribution in [3.63, 3.8) is 0 Å². The molecule has 0 saturated carbocycles. The number of hydrogen-bond donors (Lipinski definition) is 1. The van der Waals surface area contributed by atoms with E-state index in [1.165, 1.54) is 0 Å². The van der Waals surface area contributed by atoms with E-state index in [4.69, 9.17) is 4.74 Å².